The van der Waals surface area contributed by atoms with Gasteiger partial charge >= 0.3 is 5.69 Å². The number of benzene rings is 2. The molecule has 3 rings (SSSR count). The van der Waals surface area contributed by atoms with Crippen molar-refractivity contribution in [2.75, 3.05) is 0 Å². The number of nitrogens with one attached hydrogen (secondary N) is 1. The van der Waals surface area contributed by atoms with Gasteiger partial charge in [0.2, 0.25) is 5.69 Å². The van der Waals surface area contributed by atoms with Gasteiger partial charge in [-0.05, 0) is 23.8 Å². The van der Waals surface area contributed by atoms with Crippen LogP contribution in [0.5, 0.6) is 0 Å². The average molecular weight is 446 g/mol. The first-order valence-corrected chi connectivity index (χ1v) is 8.77. The van der Waals surface area contributed by atoms with Crippen LogP contribution in [0.15, 0.2) is 64.3 Å². The lowest BCUT2D eigenvalue weighted by molar-refractivity contribution is -0.385. The molecule has 3 aromatic rings. The van der Waals surface area contributed by atoms with Crippen molar-refractivity contribution in [2.45, 2.75) is 6.54 Å². The Kier molecular flexibility index (Phi) is 5.90. The minimum Gasteiger partial charge on any atom is -0.265 e. The van der Waals surface area contributed by atoms with Gasteiger partial charge in [0, 0.05) is 10.0 Å². The van der Waals surface area contributed by atoms with Gasteiger partial charge in [-0.15, -0.1) is 0 Å². The normalized spacial score (nSPS) is 10.9. The minimum atomic E-state index is -0.867. The van der Waals surface area contributed by atoms with Crippen LogP contribution < -0.4 is 5.43 Å². The van der Waals surface area contributed by atoms with E-state index in [1.54, 1.807) is 6.07 Å². The molecule has 0 aliphatic heterocycles. The molecule has 0 saturated heterocycles. The zero-order chi connectivity index (χ0) is 20.1. The maximum absolute atomic E-state index is 13.5. The second-order valence-electron chi connectivity index (χ2n) is 5.66. The second kappa shape index (κ2) is 8.53. The van der Waals surface area contributed by atoms with Crippen LogP contribution in [0.1, 0.15) is 21.6 Å². The summed E-state index contributed by atoms with van der Waals surface area (Å²) < 4.78 is 15.7. The van der Waals surface area contributed by atoms with Crippen molar-refractivity contribution < 1.29 is 14.1 Å². The third-order valence-electron chi connectivity index (χ3n) is 3.69. The third kappa shape index (κ3) is 4.65. The first kappa shape index (κ1) is 19.4. The van der Waals surface area contributed by atoms with Crippen molar-refractivity contribution in [1.82, 2.24) is 15.2 Å². The first-order chi connectivity index (χ1) is 13.4. The molecule has 0 fully saturated rings. The fourth-order valence-corrected chi connectivity index (χ4v) is 2.62. The molecule has 8 nitrogen and oxygen atoms in total. The van der Waals surface area contributed by atoms with E-state index in [1.807, 2.05) is 24.3 Å². The van der Waals surface area contributed by atoms with E-state index < -0.39 is 22.3 Å². The van der Waals surface area contributed by atoms with Crippen molar-refractivity contribution in [3.63, 3.8) is 0 Å². The van der Waals surface area contributed by atoms with E-state index in [2.05, 4.69) is 31.6 Å². The number of nitro groups is 1. The standard InChI is InChI=1S/C18H13BrFN5O3/c19-14-7-5-12(6-8-14)10-24-11-16(25(27)28)17(23-24)18(26)22-21-9-13-3-1-2-4-15(13)20/h1-9,11H,10H2,(H,22,26). The lowest BCUT2D eigenvalue weighted by Gasteiger charge is -2.01. The molecule has 1 amide bonds. The summed E-state index contributed by atoms with van der Waals surface area (Å²) in [6.45, 7) is 0.250. The molecule has 0 saturated carbocycles. The monoisotopic (exact) mass is 445 g/mol. The Hall–Kier alpha value is -3.40. The fraction of sp³-hybridized carbons (Fsp3) is 0.0556. The Labute approximate surface area is 167 Å². The van der Waals surface area contributed by atoms with Gasteiger partial charge in [0.25, 0.3) is 5.91 Å². The van der Waals surface area contributed by atoms with Crippen molar-refractivity contribution >= 4 is 33.7 Å². The van der Waals surface area contributed by atoms with Crippen LogP contribution in [0.4, 0.5) is 10.1 Å². The van der Waals surface area contributed by atoms with E-state index in [-0.39, 0.29) is 17.8 Å². The Bertz CT molecular complexity index is 1050. The highest BCUT2D eigenvalue weighted by Crippen LogP contribution is 2.18. The van der Waals surface area contributed by atoms with E-state index in [0.29, 0.717) is 0 Å². The largest absolute Gasteiger partial charge is 0.320 e. The number of amides is 1. The number of nitrogens with zero attached hydrogens (tertiary/aromatic N) is 4. The molecule has 0 bridgehead atoms. The molecule has 2 aromatic carbocycles. The summed E-state index contributed by atoms with van der Waals surface area (Å²) in [7, 11) is 0. The van der Waals surface area contributed by atoms with Gasteiger partial charge in [0.15, 0.2) is 0 Å². The molecule has 28 heavy (non-hydrogen) atoms. The van der Waals surface area contributed by atoms with Gasteiger partial charge in [0.1, 0.15) is 12.0 Å². The zero-order valence-corrected chi connectivity index (χ0v) is 15.8. The zero-order valence-electron chi connectivity index (χ0n) is 14.3. The van der Waals surface area contributed by atoms with Crippen molar-refractivity contribution in [1.29, 1.82) is 0 Å². The summed E-state index contributed by atoms with van der Waals surface area (Å²) in [6, 6.07) is 13.2. The van der Waals surface area contributed by atoms with E-state index in [0.717, 1.165) is 16.3 Å². The number of hydrogen-bond donors (Lipinski definition) is 1. The number of halogens is 2. The van der Waals surface area contributed by atoms with Gasteiger partial charge in [-0.25, -0.2) is 9.82 Å². The number of aromatic nitrogens is 2. The van der Waals surface area contributed by atoms with Crippen LogP contribution in [-0.2, 0) is 6.54 Å². The Balaban J connectivity index is 1.77. The van der Waals surface area contributed by atoms with E-state index in [1.165, 1.54) is 29.1 Å². The molecule has 0 aliphatic rings. The lowest BCUT2D eigenvalue weighted by Crippen LogP contribution is -2.20. The molecular formula is C18H13BrFN5O3. The van der Waals surface area contributed by atoms with Crippen molar-refractivity contribution in [3.8, 4) is 0 Å². The summed E-state index contributed by atoms with van der Waals surface area (Å²) >= 11 is 3.33. The van der Waals surface area contributed by atoms with Crippen LogP contribution in [-0.4, -0.2) is 26.8 Å². The molecule has 0 atom stereocenters. The van der Waals surface area contributed by atoms with Crippen LogP contribution in [0.3, 0.4) is 0 Å². The van der Waals surface area contributed by atoms with Gasteiger partial charge in [-0.2, -0.15) is 10.2 Å². The minimum absolute atomic E-state index is 0.165. The fourth-order valence-electron chi connectivity index (χ4n) is 2.36. The SMILES string of the molecule is O=C(NN=Cc1ccccc1F)c1nn(Cc2ccc(Br)cc2)cc1[N+](=O)[O-]. The van der Waals surface area contributed by atoms with E-state index >= 15 is 0 Å². The maximum atomic E-state index is 13.5. The number of carbonyl (C=O) groups excluding carboxylic acids is 1. The molecule has 0 unspecified atom stereocenters. The molecule has 0 radical (unpaired) electrons. The molecule has 1 aromatic heterocycles. The van der Waals surface area contributed by atoms with Gasteiger partial charge in [-0.1, -0.05) is 46.3 Å². The first-order valence-electron chi connectivity index (χ1n) is 7.98. The number of carbonyl (C=O) groups is 1. The third-order valence-corrected chi connectivity index (χ3v) is 4.22. The predicted molar refractivity (Wildman–Crippen MR) is 104 cm³/mol. The van der Waals surface area contributed by atoms with Gasteiger partial charge in [0.05, 0.1) is 17.7 Å². The number of hydrogen-bond acceptors (Lipinski definition) is 5. The highest BCUT2D eigenvalue weighted by molar-refractivity contribution is 9.10. The van der Waals surface area contributed by atoms with Crippen LogP contribution in [0, 0.1) is 15.9 Å². The second-order valence-corrected chi connectivity index (χ2v) is 6.58. The molecular weight excluding hydrogens is 433 g/mol. The Morgan fingerprint density at radius 3 is 2.68 bits per heavy atom. The maximum Gasteiger partial charge on any atom is 0.320 e. The van der Waals surface area contributed by atoms with Crippen molar-refractivity contribution in [2.24, 2.45) is 5.10 Å². The van der Waals surface area contributed by atoms with Crippen LogP contribution >= 0.6 is 15.9 Å². The van der Waals surface area contributed by atoms with E-state index in [9.17, 15) is 19.3 Å². The molecule has 0 spiro atoms. The predicted octanol–water partition coefficient (Wildman–Crippen LogP) is 3.51. The van der Waals surface area contributed by atoms with E-state index in [4.69, 9.17) is 0 Å². The highest BCUT2D eigenvalue weighted by atomic mass is 79.9. The Morgan fingerprint density at radius 1 is 1.29 bits per heavy atom. The van der Waals surface area contributed by atoms with Crippen LogP contribution in [0.25, 0.3) is 0 Å². The average Bonchev–Trinajstić information content (AvgIpc) is 3.09. The van der Waals surface area contributed by atoms with Gasteiger partial charge < -0.3 is 0 Å². The summed E-state index contributed by atoms with van der Waals surface area (Å²) in [5, 5.41) is 18.9. The Morgan fingerprint density at radius 2 is 2.00 bits per heavy atom. The highest BCUT2D eigenvalue weighted by Gasteiger charge is 2.25. The molecule has 10 heteroatoms. The molecule has 1 N–H and O–H groups in total. The summed E-state index contributed by atoms with van der Waals surface area (Å²) in [4.78, 5) is 22.8. The van der Waals surface area contributed by atoms with Crippen molar-refractivity contribution in [3.05, 3.63) is 92.0 Å². The number of hydrazone groups is 1. The summed E-state index contributed by atoms with van der Waals surface area (Å²) in [6.07, 6.45) is 2.29. The molecule has 142 valence electrons. The van der Waals surface area contributed by atoms with Gasteiger partial charge in [-0.3, -0.25) is 19.6 Å². The lowest BCUT2D eigenvalue weighted by atomic mass is 10.2. The number of rotatable bonds is 6. The summed E-state index contributed by atoms with van der Waals surface area (Å²) in [5.74, 6) is -1.38. The molecule has 0 aliphatic carbocycles. The summed E-state index contributed by atoms with van der Waals surface area (Å²) in [5.41, 5.74) is 2.32. The van der Waals surface area contributed by atoms with Crippen LogP contribution in [0.2, 0.25) is 0 Å². The topological polar surface area (TPSA) is 102 Å². The smallest absolute Gasteiger partial charge is 0.265 e. The quantitative estimate of drug-likeness (QED) is 0.356. The molecule has 1 heterocycles.